The van der Waals surface area contributed by atoms with Gasteiger partial charge in [0.15, 0.2) is 11.6 Å². The van der Waals surface area contributed by atoms with Crippen LogP contribution in [-0.4, -0.2) is 23.6 Å². The summed E-state index contributed by atoms with van der Waals surface area (Å²) in [5.41, 5.74) is -0.772. The van der Waals surface area contributed by atoms with Crippen molar-refractivity contribution in [2.75, 3.05) is 24.3 Å². The van der Waals surface area contributed by atoms with Crippen LogP contribution in [0.4, 0.5) is 35.0 Å². The molecule has 23 heavy (non-hydrogen) atoms. The zero-order valence-electron chi connectivity index (χ0n) is 12.3. The van der Waals surface area contributed by atoms with Crippen molar-refractivity contribution in [2.24, 2.45) is 0 Å². The predicted octanol–water partition coefficient (Wildman–Crippen LogP) is 3.82. The molecule has 2 N–H and O–H groups in total. The first-order valence-corrected chi connectivity index (χ1v) is 6.64. The number of benzene rings is 1. The van der Waals surface area contributed by atoms with Gasteiger partial charge in [0.2, 0.25) is 5.95 Å². The number of hydrogen-bond donors (Lipinski definition) is 2. The summed E-state index contributed by atoms with van der Waals surface area (Å²) in [6.45, 7) is 1.90. The third kappa shape index (κ3) is 3.79. The van der Waals surface area contributed by atoms with Gasteiger partial charge in [-0.2, -0.15) is 18.2 Å². The summed E-state index contributed by atoms with van der Waals surface area (Å²) < 4.78 is 57.2. The maximum Gasteiger partial charge on any atom is 0.421 e. The molecule has 0 bridgehead atoms. The molecule has 0 saturated heterocycles. The molecule has 0 spiro atoms. The van der Waals surface area contributed by atoms with Gasteiger partial charge < -0.3 is 15.4 Å². The van der Waals surface area contributed by atoms with E-state index in [2.05, 4.69) is 20.6 Å². The number of anilines is 3. The zero-order chi connectivity index (χ0) is 17.0. The minimum absolute atomic E-state index is 0.0824. The van der Waals surface area contributed by atoms with Gasteiger partial charge in [-0.25, -0.2) is 9.37 Å². The van der Waals surface area contributed by atoms with Gasteiger partial charge in [0.05, 0.1) is 12.8 Å². The highest BCUT2D eigenvalue weighted by Crippen LogP contribution is 2.35. The van der Waals surface area contributed by atoms with E-state index in [-0.39, 0.29) is 29.7 Å². The number of ether oxygens (including phenoxy) is 1. The standard InChI is InChI=1S/C14H14F4N4O/c1-3-19-12-8(14(16,17)18)7-20-13(22-12)21-10-6-4-5-9(15)11(10)23-2/h4-7H,3H2,1-2H3,(H2,19,20,21,22). The Morgan fingerprint density at radius 2 is 2.00 bits per heavy atom. The molecular formula is C14H14F4N4O. The van der Waals surface area contributed by atoms with Crippen LogP contribution in [0.3, 0.4) is 0 Å². The van der Waals surface area contributed by atoms with Crippen molar-refractivity contribution < 1.29 is 22.3 Å². The summed E-state index contributed by atoms with van der Waals surface area (Å²) in [5, 5.41) is 5.18. The summed E-state index contributed by atoms with van der Waals surface area (Å²) in [6.07, 6.45) is -3.91. The summed E-state index contributed by atoms with van der Waals surface area (Å²) in [7, 11) is 1.28. The molecule has 1 heterocycles. The molecule has 1 aromatic heterocycles. The lowest BCUT2D eigenvalue weighted by atomic mass is 10.2. The van der Waals surface area contributed by atoms with E-state index in [9.17, 15) is 17.6 Å². The van der Waals surface area contributed by atoms with Gasteiger partial charge in [0, 0.05) is 12.7 Å². The van der Waals surface area contributed by atoms with Gasteiger partial charge in [-0.05, 0) is 19.1 Å². The molecule has 0 saturated carbocycles. The molecule has 0 fully saturated rings. The molecule has 0 unspecified atom stereocenters. The van der Waals surface area contributed by atoms with Crippen LogP contribution in [0.1, 0.15) is 12.5 Å². The highest BCUT2D eigenvalue weighted by molar-refractivity contribution is 5.64. The first kappa shape index (κ1) is 16.8. The van der Waals surface area contributed by atoms with Crippen LogP contribution < -0.4 is 15.4 Å². The number of rotatable bonds is 5. The van der Waals surface area contributed by atoms with Crippen LogP contribution in [0.2, 0.25) is 0 Å². The SMILES string of the molecule is CCNc1nc(Nc2cccc(F)c2OC)ncc1C(F)(F)F. The van der Waals surface area contributed by atoms with Crippen molar-refractivity contribution in [2.45, 2.75) is 13.1 Å². The summed E-state index contributed by atoms with van der Waals surface area (Å²) in [5.74, 6) is -1.16. The lowest BCUT2D eigenvalue weighted by Crippen LogP contribution is -2.14. The molecule has 1 aromatic carbocycles. The first-order valence-electron chi connectivity index (χ1n) is 6.64. The Kier molecular flexibility index (Phi) is 4.87. The molecule has 9 heteroatoms. The second-order valence-corrected chi connectivity index (χ2v) is 4.43. The molecular weight excluding hydrogens is 316 g/mol. The van der Waals surface area contributed by atoms with E-state index in [1.807, 2.05) is 0 Å². The number of alkyl halides is 3. The summed E-state index contributed by atoms with van der Waals surface area (Å²) >= 11 is 0. The van der Waals surface area contributed by atoms with Gasteiger partial charge in [-0.1, -0.05) is 6.07 Å². The number of halogens is 4. The highest BCUT2D eigenvalue weighted by atomic mass is 19.4. The average Bonchev–Trinajstić information content (AvgIpc) is 2.47. The van der Waals surface area contributed by atoms with Crippen LogP contribution >= 0.6 is 0 Å². The topological polar surface area (TPSA) is 59.1 Å². The first-order chi connectivity index (χ1) is 10.9. The Morgan fingerprint density at radius 3 is 2.61 bits per heavy atom. The number of nitrogens with one attached hydrogen (secondary N) is 2. The van der Waals surface area contributed by atoms with Crippen molar-refractivity contribution in [3.63, 3.8) is 0 Å². The van der Waals surface area contributed by atoms with Gasteiger partial charge in [-0.15, -0.1) is 0 Å². The molecule has 0 atom stereocenters. The second kappa shape index (κ2) is 6.67. The maximum atomic E-state index is 13.6. The normalized spacial score (nSPS) is 11.2. The van der Waals surface area contributed by atoms with E-state index in [0.29, 0.717) is 6.20 Å². The van der Waals surface area contributed by atoms with Crippen LogP contribution in [0.15, 0.2) is 24.4 Å². The number of para-hydroxylation sites is 1. The van der Waals surface area contributed by atoms with Gasteiger partial charge in [-0.3, -0.25) is 0 Å². The Balaban J connectivity index is 2.38. The third-order valence-corrected chi connectivity index (χ3v) is 2.86. The predicted molar refractivity (Wildman–Crippen MR) is 77.4 cm³/mol. The minimum Gasteiger partial charge on any atom is -0.492 e. The smallest absolute Gasteiger partial charge is 0.421 e. The number of nitrogens with zero attached hydrogens (tertiary/aromatic N) is 2. The number of methoxy groups -OCH3 is 1. The molecule has 0 aliphatic carbocycles. The Bertz CT molecular complexity index is 691. The van der Waals surface area contributed by atoms with Crippen molar-refractivity contribution in [3.05, 3.63) is 35.8 Å². The van der Waals surface area contributed by atoms with E-state index < -0.39 is 17.6 Å². The molecule has 2 rings (SSSR count). The Morgan fingerprint density at radius 1 is 1.26 bits per heavy atom. The quantitative estimate of drug-likeness (QED) is 0.816. The number of hydrogen-bond acceptors (Lipinski definition) is 5. The lowest BCUT2D eigenvalue weighted by Gasteiger charge is -2.15. The fraction of sp³-hybridized carbons (Fsp3) is 0.286. The molecule has 0 amide bonds. The molecule has 124 valence electrons. The van der Waals surface area contributed by atoms with Gasteiger partial charge >= 0.3 is 6.18 Å². The molecule has 0 radical (unpaired) electrons. The van der Waals surface area contributed by atoms with E-state index in [4.69, 9.17) is 4.74 Å². The fourth-order valence-corrected chi connectivity index (χ4v) is 1.89. The highest BCUT2D eigenvalue weighted by Gasteiger charge is 2.35. The molecule has 5 nitrogen and oxygen atoms in total. The van der Waals surface area contributed by atoms with E-state index in [0.717, 1.165) is 0 Å². The van der Waals surface area contributed by atoms with E-state index in [1.54, 1.807) is 6.92 Å². The third-order valence-electron chi connectivity index (χ3n) is 2.86. The van der Waals surface area contributed by atoms with Crippen molar-refractivity contribution in [1.82, 2.24) is 9.97 Å². The van der Waals surface area contributed by atoms with Crippen molar-refractivity contribution >= 4 is 17.5 Å². The molecule has 2 aromatic rings. The lowest BCUT2D eigenvalue weighted by molar-refractivity contribution is -0.137. The second-order valence-electron chi connectivity index (χ2n) is 4.43. The fourth-order valence-electron chi connectivity index (χ4n) is 1.89. The van der Waals surface area contributed by atoms with Crippen LogP contribution in [0.25, 0.3) is 0 Å². The summed E-state index contributed by atoms with van der Waals surface area (Å²) in [6, 6.07) is 4.12. The average molecular weight is 330 g/mol. The monoisotopic (exact) mass is 330 g/mol. The Labute approximate surface area is 129 Å². The maximum absolute atomic E-state index is 13.6. The zero-order valence-corrected chi connectivity index (χ0v) is 12.3. The van der Waals surface area contributed by atoms with Crippen molar-refractivity contribution in [3.8, 4) is 5.75 Å². The van der Waals surface area contributed by atoms with Gasteiger partial charge in [0.1, 0.15) is 11.4 Å². The van der Waals surface area contributed by atoms with Crippen molar-refractivity contribution in [1.29, 1.82) is 0 Å². The summed E-state index contributed by atoms with van der Waals surface area (Å²) in [4.78, 5) is 7.43. The van der Waals surface area contributed by atoms with Crippen LogP contribution in [-0.2, 0) is 6.18 Å². The van der Waals surface area contributed by atoms with E-state index >= 15 is 0 Å². The van der Waals surface area contributed by atoms with E-state index in [1.165, 1.54) is 25.3 Å². The van der Waals surface area contributed by atoms with Crippen LogP contribution in [0, 0.1) is 5.82 Å². The molecule has 0 aliphatic heterocycles. The number of aromatic nitrogens is 2. The van der Waals surface area contributed by atoms with Crippen LogP contribution in [0.5, 0.6) is 5.75 Å². The Hall–Kier alpha value is -2.58. The molecule has 0 aliphatic rings. The largest absolute Gasteiger partial charge is 0.492 e. The minimum atomic E-state index is -4.58. The van der Waals surface area contributed by atoms with Gasteiger partial charge in [0.25, 0.3) is 0 Å².